The summed E-state index contributed by atoms with van der Waals surface area (Å²) >= 11 is 1.43. The second kappa shape index (κ2) is 8.67. The summed E-state index contributed by atoms with van der Waals surface area (Å²) in [6, 6.07) is 14.9. The second-order valence-electron chi connectivity index (χ2n) is 7.16. The number of rotatable bonds is 6. The number of carbonyl (C=O) groups is 1. The van der Waals surface area contributed by atoms with E-state index in [9.17, 15) is 4.79 Å². The minimum Gasteiger partial charge on any atom is -0.495 e. The van der Waals surface area contributed by atoms with Crippen molar-refractivity contribution in [2.24, 2.45) is 0 Å². The molecule has 164 valence electrons. The molecule has 0 radical (unpaired) electrons. The highest BCUT2D eigenvalue weighted by molar-refractivity contribution is 7.17. The molecular formula is C23H19N7O2S. The zero-order valence-corrected chi connectivity index (χ0v) is 18.6. The molecule has 0 saturated carbocycles. The number of amides is 1. The van der Waals surface area contributed by atoms with Crippen LogP contribution in [-0.2, 0) is 0 Å². The third-order valence-electron chi connectivity index (χ3n) is 4.89. The van der Waals surface area contributed by atoms with E-state index in [1.54, 1.807) is 31.1 Å². The number of hydrogen-bond donors (Lipinski definition) is 2. The Morgan fingerprint density at radius 2 is 1.94 bits per heavy atom. The Bertz CT molecular complexity index is 1450. The van der Waals surface area contributed by atoms with Crippen LogP contribution in [0.2, 0.25) is 0 Å². The summed E-state index contributed by atoms with van der Waals surface area (Å²) in [5, 5.41) is 6.04. The first kappa shape index (κ1) is 20.6. The Morgan fingerprint density at radius 3 is 2.70 bits per heavy atom. The number of carbonyl (C=O) groups excluding carboxylic acids is 1. The number of benzene rings is 2. The van der Waals surface area contributed by atoms with Crippen molar-refractivity contribution in [1.29, 1.82) is 0 Å². The van der Waals surface area contributed by atoms with E-state index in [1.165, 1.54) is 11.3 Å². The van der Waals surface area contributed by atoms with Gasteiger partial charge in [-0.1, -0.05) is 18.2 Å². The molecule has 0 bridgehead atoms. The lowest BCUT2D eigenvalue weighted by atomic mass is 10.1. The minimum atomic E-state index is -0.359. The van der Waals surface area contributed by atoms with Gasteiger partial charge in [-0.3, -0.25) is 10.1 Å². The molecule has 0 spiro atoms. The average Bonchev–Trinajstić information content (AvgIpc) is 3.48. The number of nitrogens with one attached hydrogen (secondary N) is 2. The Balaban J connectivity index is 1.43. The van der Waals surface area contributed by atoms with Gasteiger partial charge in [-0.05, 0) is 37.3 Å². The third kappa shape index (κ3) is 4.23. The fraction of sp³-hybridized carbons (Fsp3) is 0.0870. The second-order valence-corrected chi connectivity index (χ2v) is 8.01. The van der Waals surface area contributed by atoms with Crippen molar-refractivity contribution in [3.05, 3.63) is 77.8 Å². The third-order valence-corrected chi connectivity index (χ3v) is 5.71. The van der Waals surface area contributed by atoms with Crippen LogP contribution in [0.5, 0.6) is 5.75 Å². The highest BCUT2D eigenvalue weighted by atomic mass is 32.1. The van der Waals surface area contributed by atoms with Crippen molar-refractivity contribution in [3.8, 4) is 11.4 Å². The number of anilines is 3. The predicted molar refractivity (Wildman–Crippen MR) is 128 cm³/mol. The van der Waals surface area contributed by atoms with Crippen molar-refractivity contribution in [3.63, 3.8) is 0 Å². The van der Waals surface area contributed by atoms with Crippen LogP contribution in [0.3, 0.4) is 0 Å². The summed E-state index contributed by atoms with van der Waals surface area (Å²) < 4.78 is 8.15. The van der Waals surface area contributed by atoms with E-state index < -0.39 is 0 Å². The van der Waals surface area contributed by atoms with Crippen LogP contribution in [0.4, 0.5) is 17.5 Å². The maximum Gasteiger partial charge on any atom is 0.258 e. The summed E-state index contributed by atoms with van der Waals surface area (Å²) in [4.78, 5) is 30.4. The van der Waals surface area contributed by atoms with E-state index in [0.717, 1.165) is 21.8 Å². The Kier molecular flexibility index (Phi) is 5.41. The van der Waals surface area contributed by atoms with Crippen LogP contribution >= 0.6 is 11.3 Å². The number of fused-ring (bicyclic) bond motifs is 1. The quantitative estimate of drug-likeness (QED) is 0.384. The van der Waals surface area contributed by atoms with E-state index in [0.29, 0.717) is 22.8 Å². The first-order chi connectivity index (χ1) is 16.1. The largest absolute Gasteiger partial charge is 0.495 e. The zero-order chi connectivity index (χ0) is 22.8. The van der Waals surface area contributed by atoms with Gasteiger partial charge in [-0.2, -0.15) is 9.97 Å². The van der Waals surface area contributed by atoms with Crippen LogP contribution in [0.1, 0.15) is 16.1 Å². The summed E-state index contributed by atoms with van der Waals surface area (Å²) in [6.45, 7) is 1.91. The van der Waals surface area contributed by atoms with Gasteiger partial charge in [0.1, 0.15) is 10.4 Å². The molecule has 0 saturated heterocycles. The molecule has 5 rings (SSSR count). The standard InChI is InChI=1S/C23H19N7O2S/c1-14-11-30(12-24-14)17-9-8-15(10-18(17)32-2)22(31)29-23-27-20-19(33-13-25-20)21(28-23)26-16-6-4-3-5-7-16/h3-13H,1-2H3,(H2,26,27,28,29,31). The molecule has 2 aromatic carbocycles. The molecule has 10 heteroatoms. The fourth-order valence-electron chi connectivity index (χ4n) is 3.32. The van der Waals surface area contributed by atoms with Gasteiger partial charge in [0.2, 0.25) is 5.95 Å². The molecular weight excluding hydrogens is 438 g/mol. The number of ether oxygens (including phenoxy) is 1. The van der Waals surface area contributed by atoms with Crippen molar-refractivity contribution < 1.29 is 9.53 Å². The Hall–Kier alpha value is -4.31. The first-order valence-electron chi connectivity index (χ1n) is 10.0. The molecule has 0 unspecified atom stereocenters. The van der Waals surface area contributed by atoms with E-state index in [-0.39, 0.29) is 11.9 Å². The molecule has 0 aliphatic heterocycles. The van der Waals surface area contributed by atoms with Gasteiger partial charge in [0.25, 0.3) is 5.91 Å². The first-order valence-corrected chi connectivity index (χ1v) is 10.9. The molecule has 33 heavy (non-hydrogen) atoms. The SMILES string of the molecule is COc1cc(C(=O)Nc2nc(Nc3ccccc3)c3scnc3n2)ccc1-n1cnc(C)c1. The smallest absolute Gasteiger partial charge is 0.258 e. The fourth-order valence-corrected chi connectivity index (χ4v) is 3.99. The Labute approximate surface area is 193 Å². The molecule has 3 heterocycles. The van der Waals surface area contributed by atoms with Crippen LogP contribution in [-0.4, -0.2) is 37.5 Å². The number of aromatic nitrogens is 5. The molecule has 0 fully saturated rings. The highest BCUT2D eigenvalue weighted by Gasteiger charge is 2.16. The number of hydrogen-bond acceptors (Lipinski definition) is 8. The van der Waals surface area contributed by atoms with E-state index >= 15 is 0 Å². The van der Waals surface area contributed by atoms with Gasteiger partial charge in [-0.25, -0.2) is 9.97 Å². The van der Waals surface area contributed by atoms with Gasteiger partial charge < -0.3 is 14.6 Å². The maximum atomic E-state index is 13.0. The van der Waals surface area contributed by atoms with E-state index in [1.807, 2.05) is 54.1 Å². The Morgan fingerprint density at radius 1 is 1.09 bits per heavy atom. The molecule has 2 N–H and O–H groups in total. The van der Waals surface area contributed by atoms with Gasteiger partial charge in [0, 0.05) is 17.4 Å². The normalized spacial score (nSPS) is 10.8. The molecule has 3 aromatic heterocycles. The van der Waals surface area contributed by atoms with Crippen molar-refractivity contribution >= 4 is 45.0 Å². The number of para-hydroxylation sites is 1. The lowest BCUT2D eigenvalue weighted by Crippen LogP contribution is -2.15. The summed E-state index contributed by atoms with van der Waals surface area (Å²) in [6.07, 6.45) is 3.58. The van der Waals surface area contributed by atoms with Crippen LogP contribution in [0.15, 0.2) is 66.6 Å². The van der Waals surface area contributed by atoms with Crippen molar-refractivity contribution in [2.75, 3.05) is 17.7 Å². The van der Waals surface area contributed by atoms with Gasteiger partial charge in [-0.15, -0.1) is 11.3 Å². The maximum absolute atomic E-state index is 13.0. The van der Waals surface area contributed by atoms with E-state index in [2.05, 4.69) is 30.6 Å². The van der Waals surface area contributed by atoms with Crippen LogP contribution in [0.25, 0.3) is 16.0 Å². The molecule has 0 atom stereocenters. The summed E-state index contributed by atoms with van der Waals surface area (Å²) in [5.74, 6) is 0.918. The monoisotopic (exact) mass is 457 g/mol. The number of aryl methyl sites for hydroxylation is 1. The van der Waals surface area contributed by atoms with Gasteiger partial charge in [0.15, 0.2) is 11.5 Å². The molecule has 9 nitrogen and oxygen atoms in total. The number of imidazole rings is 1. The lowest BCUT2D eigenvalue weighted by molar-refractivity contribution is 0.102. The predicted octanol–water partition coefficient (Wildman–Crippen LogP) is 4.58. The molecule has 0 aliphatic carbocycles. The molecule has 1 amide bonds. The molecule has 0 aliphatic rings. The average molecular weight is 458 g/mol. The number of nitrogens with zero attached hydrogens (tertiary/aromatic N) is 5. The van der Waals surface area contributed by atoms with E-state index in [4.69, 9.17) is 4.74 Å². The van der Waals surface area contributed by atoms with Crippen LogP contribution in [0, 0.1) is 6.92 Å². The highest BCUT2D eigenvalue weighted by Crippen LogP contribution is 2.29. The minimum absolute atomic E-state index is 0.158. The number of thiazole rings is 1. The van der Waals surface area contributed by atoms with Crippen LogP contribution < -0.4 is 15.4 Å². The summed E-state index contributed by atoms with van der Waals surface area (Å²) in [7, 11) is 1.56. The number of methoxy groups -OCH3 is 1. The van der Waals surface area contributed by atoms with Crippen molar-refractivity contribution in [2.45, 2.75) is 6.92 Å². The van der Waals surface area contributed by atoms with Gasteiger partial charge >= 0.3 is 0 Å². The zero-order valence-electron chi connectivity index (χ0n) is 17.8. The topological polar surface area (TPSA) is 107 Å². The molecule has 5 aromatic rings. The van der Waals surface area contributed by atoms with Crippen molar-refractivity contribution in [1.82, 2.24) is 24.5 Å². The summed E-state index contributed by atoms with van der Waals surface area (Å²) in [5.41, 5.74) is 5.15. The lowest BCUT2D eigenvalue weighted by Gasteiger charge is -2.12. The van der Waals surface area contributed by atoms with Gasteiger partial charge in [0.05, 0.1) is 30.3 Å².